The second-order valence-corrected chi connectivity index (χ2v) is 8.89. The second-order valence-electron chi connectivity index (χ2n) is 6.82. The van der Waals surface area contributed by atoms with Crippen LogP contribution in [0.3, 0.4) is 0 Å². The summed E-state index contributed by atoms with van der Waals surface area (Å²) in [6.07, 6.45) is 1.18. The Bertz CT molecular complexity index is 1000. The van der Waals surface area contributed by atoms with Crippen molar-refractivity contribution in [2.45, 2.75) is 29.6 Å². The number of hydrogen-bond donors (Lipinski definition) is 3. The molecule has 3 N–H and O–H groups in total. The molecule has 0 spiro atoms. The lowest BCUT2D eigenvalue weighted by molar-refractivity contribution is 0.628. The van der Waals surface area contributed by atoms with Crippen LogP contribution >= 0.6 is 23.4 Å². The highest BCUT2D eigenvalue weighted by Crippen LogP contribution is 2.29. The molecule has 30 heavy (non-hydrogen) atoms. The number of alkyl halides is 1. The summed E-state index contributed by atoms with van der Waals surface area (Å²) < 4.78 is 13.6. The SMILES string of the molecule is CC(C)Sc1nc(NCC(Cl)c2ccccc2)c(C=N)c(Nc2cccc(F)c2)n1. The molecule has 1 unspecified atom stereocenters. The molecule has 0 aliphatic heterocycles. The van der Waals surface area contributed by atoms with E-state index in [0.717, 1.165) is 5.56 Å². The molecule has 0 saturated heterocycles. The van der Waals surface area contributed by atoms with E-state index in [4.69, 9.17) is 17.0 Å². The fraction of sp³-hybridized carbons (Fsp3) is 0.227. The minimum Gasteiger partial charge on any atom is -0.367 e. The van der Waals surface area contributed by atoms with Gasteiger partial charge < -0.3 is 16.0 Å². The third kappa shape index (κ3) is 5.93. The Kier molecular flexibility index (Phi) is 7.65. The van der Waals surface area contributed by atoms with Crippen molar-refractivity contribution in [2.24, 2.45) is 0 Å². The maximum Gasteiger partial charge on any atom is 0.191 e. The third-order valence-electron chi connectivity index (χ3n) is 4.11. The summed E-state index contributed by atoms with van der Waals surface area (Å²) >= 11 is 8.04. The molecule has 156 valence electrons. The van der Waals surface area contributed by atoms with Crippen molar-refractivity contribution in [3.63, 3.8) is 0 Å². The number of thioether (sulfide) groups is 1. The molecule has 0 aliphatic rings. The van der Waals surface area contributed by atoms with Crippen molar-refractivity contribution < 1.29 is 4.39 Å². The molecule has 0 amide bonds. The molecular weight excluding hydrogens is 421 g/mol. The van der Waals surface area contributed by atoms with Crippen LogP contribution in [-0.2, 0) is 0 Å². The van der Waals surface area contributed by atoms with E-state index in [-0.39, 0.29) is 16.4 Å². The van der Waals surface area contributed by atoms with Crippen LogP contribution in [0.4, 0.5) is 21.7 Å². The lowest BCUT2D eigenvalue weighted by Gasteiger charge is -2.17. The normalized spacial score (nSPS) is 11.9. The van der Waals surface area contributed by atoms with Crippen molar-refractivity contribution >= 4 is 46.9 Å². The topological polar surface area (TPSA) is 73.7 Å². The summed E-state index contributed by atoms with van der Waals surface area (Å²) in [6, 6.07) is 15.9. The van der Waals surface area contributed by atoms with Crippen LogP contribution in [0.25, 0.3) is 0 Å². The Balaban J connectivity index is 1.90. The zero-order valence-corrected chi connectivity index (χ0v) is 18.3. The molecule has 2 aromatic carbocycles. The van der Waals surface area contributed by atoms with E-state index in [1.807, 2.05) is 30.3 Å². The summed E-state index contributed by atoms with van der Waals surface area (Å²) in [7, 11) is 0. The largest absolute Gasteiger partial charge is 0.367 e. The van der Waals surface area contributed by atoms with Crippen molar-refractivity contribution in [3.8, 4) is 0 Å². The van der Waals surface area contributed by atoms with Gasteiger partial charge in [-0.05, 0) is 23.8 Å². The first-order chi connectivity index (χ1) is 14.5. The molecule has 0 aliphatic carbocycles. The summed E-state index contributed by atoms with van der Waals surface area (Å²) in [6.45, 7) is 4.53. The summed E-state index contributed by atoms with van der Waals surface area (Å²) in [4.78, 5) is 9.13. The van der Waals surface area contributed by atoms with Crippen LogP contribution in [0.1, 0.15) is 30.4 Å². The minimum atomic E-state index is -0.353. The molecule has 1 aromatic heterocycles. The summed E-state index contributed by atoms with van der Waals surface area (Å²) in [5.74, 6) is 0.583. The van der Waals surface area contributed by atoms with Gasteiger partial charge in [-0.15, -0.1) is 11.6 Å². The first-order valence-electron chi connectivity index (χ1n) is 9.51. The Hall–Kier alpha value is -2.64. The third-order valence-corrected chi connectivity index (χ3v) is 5.38. The number of halogens is 2. The van der Waals surface area contributed by atoms with Crippen LogP contribution < -0.4 is 10.6 Å². The maximum atomic E-state index is 13.6. The molecule has 1 atom stereocenters. The number of hydrogen-bond acceptors (Lipinski definition) is 6. The highest BCUT2D eigenvalue weighted by atomic mass is 35.5. The molecule has 0 fully saturated rings. The van der Waals surface area contributed by atoms with Gasteiger partial charge in [-0.1, -0.05) is 62.0 Å². The fourth-order valence-corrected chi connectivity index (χ4v) is 3.68. The Morgan fingerprint density at radius 3 is 2.50 bits per heavy atom. The molecular formula is C22H23ClFN5S. The molecule has 8 heteroatoms. The number of benzene rings is 2. The van der Waals surface area contributed by atoms with Crippen LogP contribution in [0.15, 0.2) is 59.8 Å². The highest BCUT2D eigenvalue weighted by molar-refractivity contribution is 7.99. The van der Waals surface area contributed by atoms with Crippen LogP contribution in [0, 0.1) is 11.2 Å². The van der Waals surface area contributed by atoms with Crippen molar-refractivity contribution in [2.75, 3.05) is 17.2 Å². The fourth-order valence-electron chi connectivity index (χ4n) is 2.75. The van der Waals surface area contributed by atoms with Gasteiger partial charge in [0.25, 0.3) is 0 Å². The van der Waals surface area contributed by atoms with Gasteiger partial charge in [0.1, 0.15) is 17.5 Å². The van der Waals surface area contributed by atoms with Crippen LogP contribution in [0.2, 0.25) is 0 Å². The Morgan fingerprint density at radius 1 is 1.10 bits per heavy atom. The monoisotopic (exact) mass is 443 g/mol. The molecule has 1 heterocycles. The van der Waals surface area contributed by atoms with Gasteiger partial charge in [-0.3, -0.25) is 0 Å². The quantitative estimate of drug-likeness (QED) is 0.158. The van der Waals surface area contributed by atoms with Gasteiger partial charge in [-0.25, -0.2) is 14.4 Å². The van der Waals surface area contributed by atoms with Crippen LogP contribution in [-0.4, -0.2) is 28.0 Å². The molecule has 0 radical (unpaired) electrons. The van der Waals surface area contributed by atoms with Crippen molar-refractivity contribution in [1.82, 2.24) is 9.97 Å². The summed E-state index contributed by atoms with van der Waals surface area (Å²) in [5, 5.41) is 14.8. The Morgan fingerprint density at radius 2 is 1.83 bits per heavy atom. The first kappa shape index (κ1) is 22.1. The molecule has 3 aromatic rings. The molecule has 5 nitrogen and oxygen atoms in total. The van der Waals surface area contributed by atoms with Gasteiger partial charge in [0.05, 0.1) is 10.9 Å². The van der Waals surface area contributed by atoms with Crippen molar-refractivity contribution in [3.05, 3.63) is 71.5 Å². The van der Waals surface area contributed by atoms with E-state index in [9.17, 15) is 4.39 Å². The van der Waals surface area contributed by atoms with Gasteiger partial charge in [0.15, 0.2) is 5.16 Å². The van der Waals surface area contributed by atoms with Crippen molar-refractivity contribution in [1.29, 1.82) is 5.41 Å². The standard InChI is InChI=1S/C22H23ClFN5S/c1-14(2)30-22-28-20(26-13-19(23)15-7-4-3-5-8-15)18(12-25)21(29-22)27-17-10-6-9-16(24)11-17/h3-12,14,19,25H,13H2,1-2H3,(H2,26,27,28,29). The van der Waals surface area contributed by atoms with Gasteiger partial charge in [-0.2, -0.15) is 0 Å². The van der Waals surface area contributed by atoms with E-state index in [1.165, 1.54) is 30.1 Å². The number of aromatic nitrogens is 2. The van der Waals surface area contributed by atoms with Gasteiger partial charge >= 0.3 is 0 Å². The van der Waals surface area contributed by atoms with E-state index in [1.54, 1.807) is 12.1 Å². The number of nitrogens with zero attached hydrogens (tertiary/aromatic N) is 2. The molecule has 0 saturated carbocycles. The number of rotatable bonds is 9. The highest BCUT2D eigenvalue weighted by Gasteiger charge is 2.16. The summed E-state index contributed by atoms with van der Waals surface area (Å²) in [5.41, 5.74) is 2.01. The van der Waals surface area contributed by atoms with E-state index >= 15 is 0 Å². The number of anilines is 3. The first-order valence-corrected chi connectivity index (χ1v) is 10.8. The van der Waals surface area contributed by atoms with E-state index in [0.29, 0.717) is 34.6 Å². The lowest BCUT2D eigenvalue weighted by atomic mass is 10.1. The Labute approximate surface area is 185 Å². The molecule has 0 bridgehead atoms. The average Bonchev–Trinajstić information content (AvgIpc) is 2.72. The molecule has 3 rings (SSSR count). The second kappa shape index (κ2) is 10.4. The smallest absolute Gasteiger partial charge is 0.191 e. The zero-order chi connectivity index (χ0) is 21.5. The number of nitrogens with one attached hydrogen (secondary N) is 3. The van der Waals surface area contributed by atoms with Gasteiger partial charge in [0.2, 0.25) is 0 Å². The predicted molar refractivity (Wildman–Crippen MR) is 124 cm³/mol. The maximum absolute atomic E-state index is 13.6. The predicted octanol–water partition coefficient (Wildman–Crippen LogP) is 6.25. The van der Waals surface area contributed by atoms with E-state index in [2.05, 4.69) is 34.4 Å². The van der Waals surface area contributed by atoms with Gasteiger partial charge in [0, 0.05) is 23.7 Å². The van der Waals surface area contributed by atoms with E-state index < -0.39 is 0 Å². The average molecular weight is 444 g/mol. The lowest BCUT2D eigenvalue weighted by Crippen LogP contribution is -2.14. The zero-order valence-electron chi connectivity index (χ0n) is 16.7. The minimum absolute atomic E-state index is 0.263. The van der Waals surface area contributed by atoms with Crippen LogP contribution in [0.5, 0.6) is 0 Å².